The lowest BCUT2D eigenvalue weighted by molar-refractivity contribution is 0.562. The van der Waals surface area contributed by atoms with Gasteiger partial charge in [0.2, 0.25) is 12.2 Å². The molecule has 1 aliphatic rings. The van der Waals surface area contributed by atoms with Crippen molar-refractivity contribution in [2.45, 2.75) is 0 Å². The molecule has 0 aromatic carbocycles. The molecule has 0 saturated carbocycles. The van der Waals surface area contributed by atoms with Crippen molar-refractivity contribution in [3.63, 3.8) is 0 Å². The molecule has 0 radical (unpaired) electrons. The van der Waals surface area contributed by atoms with Crippen LogP contribution in [0.25, 0.3) is 0 Å². The van der Waals surface area contributed by atoms with Gasteiger partial charge in [-0.05, 0) is 0 Å². The number of hydrogen-bond acceptors (Lipinski definition) is 6. The predicted molar refractivity (Wildman–Crippen MR) is 46.6 cm³/mol. The van der Waals surface area contributed by atoms with Crippen LogP contribution in [0.1, 0.15) is 0 Å². The standard InChI is InChI=1S/C3H6S2.2CHNO/c1-2-5-3-4-1;2*2-1-3/h1-3H2;2*2H. The Morgan fingerprint density at radius 2 is 1.27 bits per heavy atom. The number of thioether (sulfide) groups is 2. The zero-order valence-electron chi connectivity index (χ0n) is 5.75. The summed E-state index contributed by atoms with van der Waals surface area (Å²) in [5, 5.41) is 12.1. The first kappa shape index (κ1) is 13.1. The first-order valence-corrected chi connectivity index (χ1v) is 4.87. The van der Waals surface area contributed by atoms with E-state index < -0.39 is 0 Å². The Morgan fingerprint density at radius 1 is 1.00 bits per heavy atom. The minimum atomic E-state index is 0.750. The van der Waals surface area contributed by atoms with Crippen molar-refractivity contribution < 1.29 is 9.59 Å². The summed E-state index contributed by atoms with van der Waals surface area (Å²) in [4.78, 5) is 16.7. The SMILES string of the molecule is C1CSCS1.N=C=O.N=C=O. The van der Waals surface area contributed by atoms with Gasteiger partial charge in [0.25, 0.3) is 0 Å². The lowest BCUT2D eigenvalue weighted by Gasteiger charge is -1.68. The number of carbonyl (C=O) groups excluding carboxylic acids is 2. The quantitative estimate of drug-likeness (QED) is 0.446. The van der Waals surface area contributed by atoms with Gasteiger partial charge in [-0.3, -0.25) is 0 Å². The fourth-order valence-electron chi connectivity index (χ4n) is 0.295. The highest BCUT2D eigenvalue weighted by Crippen LogP contribution is 2.20. The molecule has 1 fully saturated rings. The molecule has 1 heterocycles. The van der Waals surface area contributed by atoms with E-state index in [0.717, 1.165) is 12.2 Å². The molecule has 0 aromatic heterocycles. The molecule has 6 heteroatoms. The van der Waals surface area contributed by atoms with Crippen LogP contribution in [-0.2, 0) is 9.59 Å². The lowest BCUT2D eigenvalue weighted by atomic mass is 11.0. The molecular formula is C5H8N2O2S2. The first-order chi connectivity index (χ1) is 5.33. The number of hydrogen-bond donors (Lipinski definition) is 2. The van der Waals surface area contributed by atoms with Gasteiger partial charge in [0.1, 0.15) is 0 Å². The third-order valence-corrected chi connectivity index (χ3v) is 3.12. The monoisotopic (exact) mass is 192 g/mol. The Hall–Kier alpha value is -0.540. The molecule has 1 aliphatic heterocycles. The van der Waals surface area contributed by atoms with Crippen LogP contribution in [0.3, 0.4) is 0 Å². The summed E-state index contributed by atoms with van der Waals surface area (Å²) in [5.41, 5.74) is 0. The van der Waals surface area contributed by atoms with E-state index >= 15 is 0 Å². The minimum Gasteiger partial charge on any atom is -0.222 e. The Balaban J connectivity index is 0. The summed E-state index contributed by atoms with van der Waals surface area (Å²) >= 11 is 4.07. The second-order valence-corrected chi connectivity index (χ2v) is 3.71. The van der Waals surface area contributed by atoms with Gasteiger partial charge in [0.15, 0.2) is 0 Å². The predicted octanol–water partition coefficient (Wildman–Crippen LogP) is 1.23. The van der Waals surface area contributed by atoms with Crippen LogP contribution < -0.4 is 0 Å². The van der Waals surface area contributed by atoms with E-state index in [1.807, 2.05) is 23.5 Å². The Labute approximate surface area is 73.1 Å². The molecule has 0 aliphatic carbocycles. The van der Waals surface area contributed by atoms with Crippen molar-refractivity contribution >= 4 is 35.7 Å². The molecular weight excluding hydrogens is 184 g/mol. The Morgan fingerprint density at radius 3 is 1.36 bits per heavy atom. The number of rotatable bonds is 0. The molecule has 1 rings (SSSR count). The number of isocyanates is 2. The van der Waals surface area contributed by atoms with E-state index in [-0.39, 0.29) is 0 Å². The van der Waals surface area contributed by atoms with Crippen molar-refractivity contribution in [3.05, 3.63) is 0 Å². The maximum absolute atomic E-state index is 8.35. The van der Waals surface area contributed by atoms with E-state index in [2.05, 4.69) is 0 Å². The normalized spacial score (nSPS) is 12.4. The van der Waals surface area contributed by atoms with Gasteiger partial charge in [-0.25, -0.2) is 20.4 Å². The van der Waals surface area contributed by atoms with Crippen LogP contribution in [0, 0.1) is 10.8 Å². The van der Waals surface area contributed by atoms with Crippen LogP contribution >= 0.6 is 23.5 Å². The average Bonchev–Trinajstić information content (AvgIpc) is 2.44. The molecule has 2 N–H and O–H groups in total. The summed E-state index contributed by atoms with van der Waals surface area (Å²) in [7, 11) is 0. The maximum Gasteiger partial charge on any atom is 0.231 e. The van der Waals surface area contributed by atoms with Crippen LogP contribution in [-0.4, -0.2) is 28.8 Å². The molecule has 1 saturated heterocycles. The van der Waals surface area contributed by atoms with Gasteiger partial charge in [0, 0.05) is 16.6 Å². The van der Waals surface area contributed by atoms with E-state index in [4.69, 9.17) is 20.4 Å². The van der Waals surface area contributed by atoms with Gasteiger partial charge in [-0.2, -0.15) is 23.5 Å². The van der Waals surface area contributed by atoms with E-state index in [9.17, 15) is 0 Å². The van der Waals surface area contributed by atoms with Crippen molar-refractivity contribution in [1.82, 2.24) is 0 Å². The fraction of sp³-hybridized carbons (Fsp3) is 0.600. The van der Waals surface area contributed by atoms with Crippen LogP contribution in [0.15, 0.2) is 0 Å². The van der Waals surface area contributed by atoms with Crippen LogP contribution in [0.2, 0.25) is 0 Å². The second kappa shape index (κ2) is 16.2. The largest absolute Gasteiger partial charge is 0.231 e. The average molecular weight is 192 g/mol. The fourth-order valence-corrected chi connectivity index (χ4v) is 2.65. The van der Waals surface area contributed by atoms with Gasteiger partial charge in [-0.1, -0.05) is 0 Å². The molecule has 0 unspecified atom stereocenters. The molecule has 0 bridgehead atoms. The highest BCUT2D eigenvalue weighted by atomic mass is 32.2. The maximum atomic E-state index is 8.35. The van der Waals surface area contributed by atoms with Crippen molar-refractivity contribution in [2.75, 3.05) is 16.6 Å². The van der Waals surface area contributed by atoms with E-state index in [0.29, 0.717) is 0 Å². The summed E-state index contributed by atoms with van der Waals surface area (Å²) in [5.74, 6) is 2.76. The lowest BCUT2D eigenvalue weighted by Crippen LogP contribution is -1.64. The second-order valence-electron chi connectivity index (χ2n) is 1.14. The first-order valence-electron chi connectivity index (χ1n) is 2.56. The Bertz CT molecular complexity index is 116. The summed E-state index contributed by atoms with van der Waals surface area (Å²) < 4.78 is 0. The van der Waals surface area contributed by atoms with Crippen molar-refractivity contribution in [3.8, 4) is 0 Å². The van der Waals surface area contributed by atoms with Gasteiger partial charge >= 0.3 is 0 Å². The topological polar surface area (TPSA) is 81.8 Å². The molecule has 0 spiro atoms. The smallest absolute Gasteiger partial charge is 0.222 e. The molecule has 0 amide bonds. The van der Waals surface area contributed by atoms with Crippen molar-refractivity contribution in [2.24, 2.45) is 0 Å². The van der Waals surface area contributed by atoms with Gasteiger partial charge in [-0.15, -0.1) is 0 Å². The Kier molecular flexibility index (Phi) is 19.3. The zero-order valence-corrected chi connectivity index (χ0v) is 7.39. The molecule has 0 atom stereocenters. The molecule has 11 heavy (non-hydrogen) atoms. The van der Waals surface area contributed by atoms with Gasteiger partial charge < -0.3 is 0 Å². The summed E-state index contributed by atoms with van der Waals surface area (Å²) in [6, 6.07) is 0. The molecule has 62 valence electrons. The zero-order chi connectivity index (χ0) is 8.95. The molecule has 0 aromatic rings. The highest BCUT2D eigenvalue weighted by Gasteiger charge is 1.95. The van der Waals surface area contributed by atoms with Crippen molar-refractivity contribution in [1.29, 1.82) is 10.8 Å². The van der Waals surface area contributed by atoms with Crippen LogP contribution in [0.4, 0.5) is 0 Å². The minimum absolute atomic E-state index is 0.750. The van der Waals surface area contributed by atoms with Crippen LogP contribution in [0.5, 0.6) is 0 Å². The van der Waals surface area contributed by atoms with E-state index in [1.165, 1.54) is 16.6 Å². The summed E-state index contributed by atoms with van der Waals surface area (Å²) in [6.07, 6.45) is 1.50. The van der Waals surface area contributed by atoms with E-state index in [1.54, 1.807) is 0 Å². The summed E-state index contributed by atoms with van der Waals surface area (Å²) in [6.45, 7) is 0. The molecule has 4 nitrogen and oxygen atoms in total. The number of nitrogens with one attached hydrogen (secondary N) is 2. The third-order valence-electron chi connectivity index (χ3n) is 0.539. The van der Waals surface area contributed by atoms with Gasteiger partial charge in [0.05, 0.1) is 0 Å². The highest BCUT2D eigenvalue weighted by molar-refractivity contribution is 8.19. The third kappa shape index (κ3) is 26.5.